The van der Waals surface area contributed by atoms with Gasteiger partial charge in [0.1, 0.15) is 5.82 Å². The van der Waals surface area contributed by atoms with E-state index in [4.69, 9.17) is 19.9 Å². The number of imidazole rings is 1. The van der Waals surface area contributed by atoms with Gasteiger partial charge in [-0.1, -0.05) is 91.0 Å². The van der Waals surface area contributed by atoms with Crippen molar-refractivity contribution in [2.24, 2.45) is 0 Å². The maximum absolute atomic E-state index is 5.24. The summed E-state index contributed by atoms with van der Waals surface area (Å²) < 4.78 is 7.16. The predicted octanol–water partition coefficient (Wildman–Crippen LogP) is 12.6. The van der Waals surface area contributed by atoms with E-state index in [1.165, 1.54) is 29.6 Å². The number of hydrogen-bond acceptors (Lipinski definition) is 6. The van der Waals surface area contributed by atoms with E-state index in [9.17, 15) is 0 Å². The van der Waals surface area contributed by atoms with Crippen molar-refractivity contribution in [1.29, 1.82) is 0 Å². The van der Waals surface area contributed by atoms with E-state index in [1.807, 2.05) is 41.7 Å². The van der Waals surface area contributed by atoms with E-state index in [-0.39, 0.29) is 0 Å². The Morgan fingerprint density at radius 2 is 1.02 bits per heavy atom. The molecule has 7 aromatic carbocycles. The highest BCUT2D eigenvalue weighted by atomic mass is 32.1. The van der Waals surface area contributed by atoms with Crippen molar-refractivity contribution in [3.63, 3.8) is 0 Å². The first-order valence-electron chi connectivity index (χ1n) is 17.5. The third-order valence-electron chi connectivity index (χ3n) is 9.87. The van der Waals surface area contributed by atoms with Gasteiger partial charge in [0.05, 0.1) is 11.0 Å². The van der Waals surface area contributed by atoms with Crippen LogP contribution in [0.3, 0.4) is 0 Å². The summed E-state index contributed by atoms with van der Waals surface area (Å²) in [5.74, 6) is 2.85. The lowest BCUT2D eigenvalue weighted by atomic mass is 10.0. The lowest BCUT2D eigenvalue weighted by molar-refractivity contribution is 1.08. The zero-order chi connectivity index (χ0) is 34.9. The zero-order valence-corrected chi connectivity index (χ0v) is 29.8. The van der Waals surface area contributed by atoms with Crippen molar-refractivity contribution in [2.45, 2.75) is 0 Å². The Labute approximate surface area is 312 Å². The quantitative estimate of drug-likeness (QED) is 0.178. The number of hydrogen-bond donors (Lipinski definition) is 0. The van der Waals surface area contributed by atoms with E-state index in [0.29, 0.717) is 17.5 Å². The Morgan fingerprint density at radius 1 is 0.396 bits per heavy atom. The summed E-state index contributed by atoms with van der Waals surface area (Å²) in [6, 6.07) is 57.3. The molecule has 11 rings (SSSR count). The lowest BCUT2D eigenvalue weighted by Crippen LogP contribution is -2.00. The molecule has 0 bridgehead atoms. The summed E-state index contributed by atoms with van der Waals surface area (Å²) in [6.45, 7) is 0. The molecule has 0 unspecified atom stereocenters. The fraction of sp³-hybridized carbons (Fsp3) is 0. The number of thiophene rings is 2. The third-order valence-corrected chi connectivity index (χ3v) is 12.2. The zero-order valence-electron chi connectivity index (χ0n) is 28.1. The topological polar surface area (TPSA) is 56.5 Å². The first-order chi connectivity index (χ1) is 26.2. The van der Waals surface area contributed by atoms with Gasteiger partial charge in [-0.25, -0.2) is 19.9 Å². The van der Waals surface area contributed by atoms with E-state index >= 15 is 0 Å². The average Bonchev–Trinajstić information content (AvgIpc) is 3.92. The van der Waals surface area contributed by atoms with Crippen LogP contribution < -0.4 is 0 Å². The van der Waals surface area contributed by atoms with Crippen LogP contribution in [-0.2, 0) is 0 Å². The van der Waals surface area contributed by atoms with Gasteiger partial charge in [0, 0.05) is 68.3 Å². The molecule has 0 aliphatic heterocycles. The lowest BCUT2D eigenvalue weighted by Gasteiger charge is -2.11. The minimum absolute atomic E-state index is 0.648. The number of nitrogens with zero attached hydrogens (tertiary/aromatic N) is 5. The molecule has 0 atom stereocenters. The minimum atomic E-state index is 0.648. The van der Waals surface area contributed by atoms with E-state index in [1.54, 1.807) is 11.3 Å². The first kappa shape index (κ1) is 30.1. The Morgan fingerprint density at radius 3 is 1.89 bits per heavy atom. The van der Waals surface area contributed by atoms with Crippen LogP contribution in [0, 0.1) is 0 Å². The summed E-state index contributed by atoms with van der Waals surface area (Å²) in [6.07, 6.45) is 0. The second-order valence-electron chi connectivity index (χ2n) is 13.1. The van der Waals surface area contributed by atoms with Crippen LogP contribution in [-0.4, -0.2) is 24.5 Å². The van der Waals surface area contributed by atoms with Crippen molar-refractivity contribution < 1.29 is 0 Å². The molecule has 0 aliphatic carbocycles. The van der Waals surface area contributed by atoms with Crippen LogP contribution in [0.1, 0.15) is 0 Å². The summed E-state index contributed by atoms with van der Waals surface area (Å²) in [7, 11) is 0. The third kappa shape index (κ3) is 4.97. The molecule has 0 saturated heterocycles. The van der Waals surface area contributed by atoms with Crippen LogP contribution in [0.5, 0.6) is 0 Å². The molecule has 0 radical (unpaired) electrons. The van der Waals surface area contributed by atoms with Gasteiger partial charge in [-0.3, -0.25) is 4.57 Å². The second-order valence-corrected chi connectivity index (χ2v) is 15.2. The van der Waals surface area contributed by atoms with Gasteiger partial charge >= 0.3 is 0 Å². The highest BCUT2D eigenvalue weighted by Crippen LogP contribution is 2.42. The summed E-state index contributed by atoms with van der Waals surface area (Å²) in [5, 5.41) is 4.75. The molecule has 0 saturated carbocycles. The first-order valence-corrected chi connectivity index (χ1v) is 19.1. The molecule has 4 aromatic heterocycles. The Kier molecular flexibility index (Phi) is 6.83. The fourth-order valence-electron chi connectivity index (χ4n) is 7.42. The number of fused-ring (bicyclic) bond motifs is 7. The van der Waals surface area contributed by atoms with Crippen LogP contribution >= 0.6 is 22.7 Å². The van der Waals surface area contributed by atoms with Crippen molar-refractivity contribution in [3.8, 4) is 51.2 Å². The van der Waals surface area contributed by atoms with Crippen LogP contribution in [0.4, 0.5) is 0 Å². The molecule has 0 N–H and O–H groups in total. The normalized spacial score (nSPS) is 11.8. The molecule has 0 amide bonds. The van der Waals surface area contributed by atoms with Gasteiger partial charge in [0.25, 0.3) is 0 Å². The molecular weight excluding hydrogens is 687 g/mol. The summed E-state index contributed by atoms with van der Waals surface area (Å²) in [5.41, 5.74) is 7.05. The maximum Gasteiger partial charge on any atom is 0.164 e. The SMILES string of the molecule is c1ccc(-c2nc(-c3ccc4sc5ccccc5c4c3)nc(-c3cccc4sc5ccc(-c6nc7ccccc7n6-c6ccccc6)cc5c34)n2)cc1. The molecular formula is C46H27N5S2. The average molecular weight is 714 g/mol. The molecule has 11 aromatic rings. The monoisotopic (exact) mass is 713 g/mol. The molecule has 7 heteroatoms. The molecule has 0 aliphatic rings. The van der Waals surface area contributed by atoms with Crippen molar-refractivity contribution >= 4 is 74.1 Å². The smallest absolute Gasteiger partial charge is 0.164 e. The van der Waals surface area contributed by atoms with E-state index in [0.717, 1.165) is 55.6 Å². The van der Waals surface area contributed by atoms with Crippen molar-refractivity contribution in [2.75, 3.05) is 0 Å². The Balaban J connectivity index is 1.13. The van der Waals surface area contributed by atoms with Gasteiger partial charge < -0.3 is 0 Å². The minimum Gasteiger partial charge on any atom is -0.292 e. The van der Waals surface area contributed by atoms with Crippen molar-refractivity contribution in [3.05, 3.63) is 164 Å². The van der Waals surface area contributed by atoms with Gasteiger partial charge in [-0.15, -0.1) is 22.7 Å². The summed E-state index contributed by atoms with van der Waals surface area (Å²) in [4.78, 5) is 20.7. The molecule has 4 heterocycles. The van der Waals surface area contributed by atoms with Crippen molar-refractivity contribution in [1.82, 2.24) is 24.5 Å². The number of rotatable bonds is 5. The van der Waals surface area contributed by atoms with Gasteiger partial charge in [0.2, 0.25) is 0 Å². The molecule has 5 nitrogen and oxygen atoms in total. The predicted molar refractivity (Wildman–Crippen MR) is 222 cm³/mol. The highest BCUT2D eigenvalue weighted by molar-refractivity contribution is 7.26. The summed E-state index contributed by atoms with van der Waals surface area (Å²) >= 11 is 3.60. The van der Waals surface area contributed by atoms with Crippen LogP contribution in [0.2, 0.25) is 0 Å². The Hall–Kier alpha value is -6.54. The molecule has 53 heavy (non-hydrogen) atoms. The largest absolute Gasteiger partial charge is 0.292 e. The van der Waals surface area contributed by atoms with Gasteiger partial charge in [-0.2, -0.15) is 0 Å². The highest BCUT2D eigenvalue weighted by Gasteiger charge is 2.20. The van der Waals surface area contributed by atoms with Crippen LogP contribution in [0.15, 0.2) is 164 Å². The van der Waals surface area contributed by atoms with E-state index in [2.05, 4.69) is 138 Å². The number of benzene rings is 7. The Bertz CT molecular complexity index is 3180. The maximum atomic E-state index is 5.24. The molecule has 0 fully saturated rings. The second kappa shape index (κ2) is 12.0. The number of aromatic nitrogens is 5. The molecule has 248 valence electrons. The standard InChI is InChI=1S/C46H27N5S2/c1-3-12-28(13-4-1)43-48-44(29-22-24-39-34(26-29)32-16-7-10-20-38(32)52-39)50-45(49-43)33-17-11-21-41-42(33)35-27-30(23-25-40(35)53-41)46-47-36-18-8-9-19-37(36)51(46)31-14-5-2-6-15-31/h1-27H. The fourth-order valence-corrected chi connectivity index (χ4v) is 9.62. The van der Waals surface area contributed by atoms with E-state index < -0.39 is 0 Å². The molecule has 0 spiro atoms. The van der Waals surface area contributed by atoms with Gasteiger partial charge in [0.15, 0.2) is 17.5 Å². The number of para-hydroxylation sites is 3. The van der Waals surface area contributed by atoms with Crippen LogP contribution in [0.25, 0.3) is 103 Å². The van der Waals surface area contributed by atoms with Gasteiger partial charge in [-0.05, 0) is 72.8 Å².